The van der Waals surface area contributed by atoms with E-state index >= 15 is 0 Å². The number of imidazole rings is 1. The fraction of sp³-hybridized carbons (Fsp3) is 0.316. The molecule has 0 N–H and O–H groups in total. The highest BCUT2D eigenvalue weighted by atomic mass is 16.6. The Morgan fingerprint density at radius 2 is 1.82 bits per heavy atom. The molecule has 1 amide bonds. The van der Waals surface area contributed by atoms with Crippen molar-refractivity contribution in [3.05, 3.63) is 63.8 Å². The minimum atomic E-state index is -0.503. The van der Waals surface area contributed by atoms with Crippen LogP contribution in [0.3, 0.4) is 0 Å². The number of amides is 1. The Morgan fingerprint density at radius 3 is 2.46 bits per heavy atom. The molecule has 1 fully saturated rings. The predicted molar refractivity (Wildman–Crippen MR) is 104 cm³/mol. The van der Waals surface area contributed by atoms with E-state index in [4.69, 9.17) is 0 Å². The summed E-state index contributed by atoms with van der Waals surface area (Å²) >= 11 is 0. The minimum absolute atomic E-state index is 0.0240. The summed E-state index contributed by atoms with van der Waals surface area (Å²) in [5, 5.41) is 15.5. The summed E-state index contributed by atoms with van der Waals surface area (Å²) in [6.45, 7) is 4.44. The van der Waals surface area contributed by atoms with Crippen molar-refractivity contribution in [2.24, 2.45) is 0 Å². The van der Waals surface area contributed by atoms with Gasteiger partial charge in [0.1, 0.15) is 6.20 Å². The molecule has 4 rings (SSSR count). The molecule has 28 heavy (non-hydrogen) atoms. The standard InChI is InChI=1S/C19H20N6O3/c1-2-14-3-5-15(6-4-14)19(26)23-11-9-22(10-12-23)17-8-7-16-20-13-18(25(27)28)24(16)21-17/h3-8,13H,2,9-12H2,1H3. The third-order valence-corrected chi connectivity index (χ3v) is 5.02. The first-order valence-electron chi connectivity index (χ1n) is 9.19. The number of carbonyl (C=O) groups is 1. The molecule has 9 heteroatoms. The lowest BCUT2D eigenvalue weighted by Gasteiger charge is -2.35. The average molecular weight is 380 g/mol. The Labute approximate surface area is 161 Å². The number of rotatable bonds is 4. The molecule has 0 spiro atoms. The first kappa shape index (κ1) is 17.9. The molecule has 3 heterocycles. The van der Waals surface area contributed by atoms with Crippen molar-refractivity contribution < 1.29 is 9.72 Å². The maximum Gasteiger partial charge on any atom is 0.368 e. The molecule has 1 aliphatic rings. The van der Waals surface area contributed by atoms with E-state index in [9.17, 15) is 14.9 Å². The fourth-order valence-corrected chi connectivity index (χ4v) is 3.35. The molecule has 9 nitrogen and oxygen atoms in total. The largest absolute Gasteiger partial charge is 0.368 e. The van der Waals surface area contributed by atoms with Crippen molar-refractivity contribution in [3.8, 4) is 0 Å². The summed E-state index contributed by atoms with van der Waals surface area (Å²) in [6, 6.07) is 11.2. The second kappa shape index (κ2) is 7.26. The molecule has 144 valence electrons. The topological polar surface area (TPSA) is 96.9 Å². The number of aromatic nitrogens is 3. The Hall–Kier alpha value is -3.49. The van der Waals surface area contributed by atoms with E-state index in [0.29, 0.717) is 43.2 Å². The molecule has 2 aromatic heterocycles. The first-order valence-corrected chi connectivity index (χ1v) is 9.19. The molecule has 0 aliphatic carbocycles. The normalized spacial score (nSPS) is 14.5. The monoisotopic (exact) mass is 380 g/mol. The van der Waals surface area contributed by atoms with Gasteiger partial charge in [-0.15, -0.1) is 0 Å². The SMILES string of the molecule is CCc1ccc(C(=O)N2CCN(c3ccc4ncc([N+](=O)[O-])n4n3)CC2)cc1. The number of nitrogens with zero attached hydrogens (tertiary/aromatic N) is 6. The zero-order valence-corrected chi connectivity index (χ0v) is 15.5. The molecule has 0 atom stereocenters. The van der Waals surface area contributed by atoms with Gasteiger partial charge in [0.15, 0.2) is 5.82 Å². The van der Waals surface area contributed by atoms with Crippen LogP contribution in [0.15, 0.2) is 42.6 Å². The maximum absolute atomic E-state index is 12.7. The zero-order valence-electron chi connectivity index (χ0n) is 15.5. The number of piperazine rings is 1. The van der Waals surface area contributed by atoms with Gasteiger partial charge in [-0.3, -0.25) is 4.79 Å². The Bertz CT molecular complexity index is 1020. The summed E-state index contributed by atoms with van der Waals surface area (Å²) in [5.74, 6) is 0.491. The lowest BCUT2D eigenvalue weighted by Crippen LogP contribution is -2.49. The van der Waals surface area contributed by atoms with Gasteiger partial charge in [-0.1, -0.05) is 28.7 Å². The molecule has 0 bridgehead atoms. The van der Waals surface area contributed by atoms with Gasteiger partial charge in [0.05, 0.1) is 0 Å². The second-order valence-corrected chi connectivity index (χ2v) is 6.66. The lowest BCUT2D eigenvalue weighted by atomic mass is 10.1. The van der Waals surface area contributed by atoms with Crippen LogP contribution in [0.5, 0.6) is 0 Å². The van der Waals surface area contributed by atoms with E-state index in [2.05, 4.69) is 17.0 Å². The van der Waals surface area contributed by atoms with Gasteiger partial charge in [-0.25, -0.2) is 4.98 Å². The number of hydrogen-bond donors (Lipinski definition) is 0. The zero-order chi connectivity index (χ0) is 19.7. The van der Waals surface area contributed by atoms with E-state index < -0.39 is 4.92 Å². The highest BCUT2D eigenvalue weighted by Gasteiger charge is 2.24. The highest BCUT2D eigenvalue weighted by Crippen LogP contribution is 2.19. The van der Waals surface area contributed by atoms with E-state index in [1.165, 1.54) is 16.3 Å². The van der Waals surface area contributed by atoms with Crippen LogP contribution in [0.1, 0.15) is 22.8 Å². The molecule has 0 radical (unpaired) electrons. The van der Waals surface area contributed by atoms with Crippen LogP contribution in [-0.2, 0) is 6.42 Å². The number of nitro groups is 1. The van der Waals surface area contributed by atoms with Crippen LogP contribution in [0.25, 0.3) is 5.65 Å². The number of hydrogen-bond acceptors (Lipinski definition) is 6. The molecular formula is C19H20N6O3. The van der Waals surface area contributed by atoms with Crippen LogP contribution in [0, 0.1) is 10.1 Å². The third-order valence-electron chi connectivity index (χ3n) is 5.02. The van der Waals surface area contributed by atoms with Gasteiger partial charge >= 0.3 is 5.82 Å². The van der Waals surface area contributed by atoms with Crippen molar-refractivity contribution in [2.45, 2.75) is 13.3 Å². The Morgan fingerprint density at radius 1 is 1.11 bits per heavy atom. The molecular weight excluding hydrogens is 360 g/mol. The maximum atomic E-state index is 12.7. The third kappa shape index (κ3) is 3.26. The van der Waals surface area contributed by atoms with Crippen molar-refractivity contribution in [2.75, 3.05) is 31.1 Å². The second-order valence-electron chi connectivity index (χ2n) is 6.66. The summed E-state index contributed by atoms with van der Waals surface area (Å²) in [6.07, 6.45) is 2.14. The summed E-state index contributed by atoms with van der Waals surface area (Å²) in [5.41, 5.74) is 2.33. The Balaban J connectivity index is 1.46. The van der Waals surface area contributed by atoms with Gasteiger partial charge in [0.2, 0.25) is 5.65 Å². The number of fused-ring (bicyclic) bond motifs is 1. The number of aryl methyl sites for hydroxylation is 1. The molecule has 0 unspecified atom stereocenters. The fourth-order valence-electron chi connectivity index (χ4n) is 3.35. The Kier molecular flexibility index (Phi) is 4.64. The minimum Gasteiger partial charge on any atom is -0.358 e. The van der Waals surface area contributed by atoms with Crippen LogP contribution in [-0.4, -0.2) is 56.5 Å². The smallest absolute Gasteiger partial charge is 0.358 e. The summed E-state index contributed by atoms with van der Waals surface area (Å²) in [7, 11) is 0. The quantitative estimate of drug-likeness (QED) is 0.508. The van der Waals surface area contributed by atoms with Crippen molar-refractivity contribution in [3.63, 3.8) is 0 Å². The van der Waals surface area contributed by atoms with E-state index in [1.807, 2.05) is 34.1 Å². The van der Waals surface area contributed by atoms with E-state index in [-0.39, 0.29) is 11.7 Å². The number of carbonyl (C=O) groups excluding carboxylic acids is 1. The average Bonchev–Trinajstić information content (AvgIpc) is 3.17. The molecule has 0 saturated carbocycles. The van der Waals surface area contributed by atoms with Gasteiger partial charge in [-0.05, 0) is 35.1 Å². The van der Waals surface area contributed by atoms with Crippen LogP contribution >= 0.6 is 0 Å². The van der Waals surface area contributed by atoms with Gasteiger partial charge in [-0.2, -0.15) is 0 Å². The van der Waals surface area contributed by atoms with E-state index in [0.717, 1.165) is 6.42 Å². The van der Waals surface area contributed by atoms with Crippen molar-refractivity contribution >= 4 is 23.2 Å². The van der Waals surface area contributed by atoms with E-state index in [1.54, 1.807) is 12.1 Å². The van der Waals surface area contributed by atoms with Gasteiger partial charge in [0.25, 0.3) is 5.91 Å². The molecule has 3 aromatic rings. The van der Waals surface area contributed by atoms with Gasteiger partial charge in [0, 0.05) is 37.8 Å². The molecule has 1 aliphatic heterocycles. The molecule has 1 saturated heterocycles. The van der Waals surface area contributed by atoms with Gasteiger partial charge < -0.3 is 19.9 Å². The highest BCUT2D eigenvalue weighted by molar-refractivity contribution is 5.94. The van der Waals surface area contributed by atoms with Crippen LogP contribution in [0.2, 0.25) is 0 Å². The van der Waals surface area contributed by atoms with Crippen molar-refractivity contribution in [1.29, 1.82) is 0 Å². The number of benzene rings is 1. The number of anilines is 1. The predicted octanol–water partition coefficient (Wildman–Crippen LogP) is 2.16. The van der Waals surface area contributed by atoms with Crippen LogP contribution in [0.4, 0.5) is 11.6 Å². The first-order chi connectivity index (χ1) is 13.6. The van der Waals surface area contributed by atoms with Crippen molar-refractivity contribution in [1.82, 2.24) is 19.5 Å². The summed E-state index contributed by atoms with van der Waals surface area (Å²) in [4.78, 5) is 31.2. The lowest BCUT2D eigenvalue weighted by molar-refractivity contribution is -0.391. The molecule has 1 aromatic carbocycles. The van der Waals surface area contributed by atoms with Crippen LogP contribution < -0.4 is 4.90 Å². The summed E-state index contributed by atoms with van der Waals surface area (Å²) < 4.78 is 1.24.